The van der Waals surface area contributed by atoms with Crippen molar-refractivity contribution in [3.8, 4) is 0 Å². The zero-order valence-electron chi connectivity index (χ0n) is 9.22. The van der Waals surface area contributed by atoms with Crippen LogP contribution in [0.1, 0.15) is 12.0 Å². The third-order valence-corrected chi connectivity index (χ3v) is 3.62. The van der Waals surface area contributed by atoms with Gasteiger partial charge in [0.25, 0.3) is 0 Å². The number of fused-ring (bicyclic) bond motifs is 3. The number of carboxylic acid groups (broad SMARTS) is 1. The molecule has 2 aliphatic heterocycles. The molecular weight excluding hydrogens is 220 g/mol. The second-order valence-corrected chi connectivity index (χ2v) is 4.59. The van der Waals surface area contributed by atoms with Crippen LogP contribution in [0.4, 0.5) is 5.69 Å². The number of rotatable bonds is 3. The van der Waals surface area contributed by atoms with Crippen LogP contribution < -0.4 is 11.1 Å². The minimum atomic E-state index is -0.988. The molecule has 2 heterocycles. The Bertz CT molecular complexity index is 477. The number of anilines is 1. The second-order valence-electron chi connectivity index (χ2n) is 4.59. The zero-order valence-corrected chi connectivity index (χ0v) is 9.22. The van der Waals surface area contributed by atoms with E-state index in [1.54, 1.807) is 0 Å². The predicted molar refractivity (Wildman–Crippen MR) is 61.7 cm³/mol. The van der Waals surface area contributed by atoms with Crippen LogP contribution in [-0.4, -0.2) is 29.8 Å². The van der Waals surface area contributed by atoms with E-state index in [4.69, 9.17) is 15.6 Å². The molecule has 1 fully saturated rings. The van der Waals surface area contributed by atoms with Crippen LogP contribution in [0.2, 0.25) is 0 Å². The van der Waals surface area contributed by atoms with Gasteiger partial charge in [0.1, 0.15) is 11.6 Å². The van der Waals surface area contributed by atoms with Gasteiger partial charge in [-0.3, -0.25) is 4.79 Å². The standard InChI is InChI=1S/C12H14N2O3/c13-8(11(15)16)5-12-7-3-1-2-4-9(7)14-10(12)6-17-12/h1-4,8,10,14H,5-6,13H2,(H,15,16)/t8-,10-,12-/m0/s1. The van der Waals surface area contributed by atoms with Crippen LogP contribution in [0, 0.1) is 0 Å². The van der Waals surface area contributed by atoms with Gasteiger partial charge in [-0.2, -0.15) is 0 Å². The molecule has 1 saturated heterocycles. The largest absolute Gasteiger partial charge is 0.480 e. The van der Waals surface area contributed by atoms with E-state index in [2.05, 4.69) is 5.32 Å². The molecule has 0 aliphatic carbocycles. The Kier molecular flexibility index (Phi) is 2.14. The van der Waals surface area contributed by atoms with Crippen molar-refractivity contribution in [1.29, 1.82) is 0 Å². The van der Waals surface area contributed by atoms with Crippen molar-refractivity contribution in [3.05, 3.63) is 29.8 Å². The van der Waals surface area contributed by atoms with Crippen molar-refractivity contribution in [3.63, 3.8) is 0 Å². The van der Waals surface area contributed by atoms with Gasteiger partial charge in [-0.05, 0) is 6.07 Å². The summed E-state index contributed by atoms with van der Waals surface area (Å²) in [4.78, 5) is 10.9. The summed E-state index contributed by atoms with van der Waals surface area (Å²) in [5.74, 6) is -0.988. The molecule has 0 unspecified atom stereocenters. The Hall–Kier alpha value is -1.59. The van der Waals surface area contributed by atoms with Crippen molar-refractivity contribution in [1.82, 2.24) is 0 Å². The maximum atomic E-state index is 10.9. The number of nitrogens with two attached hydrogens (primary N) is 1. The lowest BCUT2D eigenvalue weighted by molar-refractivity contribution is -0.172. The average molecular weight is 234 g/mol. The second kappa shape index (κ2) is 3.45. The molecule has 0 bridgehead atoms. The Labute approximate surface area is 98.6 Å². The van der Waals surface area contributed by atoms with Crippen molar-refractivity contribution >= 4 is 11.7 Å². The maximum absolute atomic E-state index is 10.9. The fraction of sp³-hybridized carbons (Fsp3) is 0.417. The summed E-state index contributed by atoms with van der Waals surface area (Å²) in [5.41, 5.74) is 7.12. The first-order chi connectivity index (χ1) is 8.13. The summed E-state index contributed by atoms with van der Waals surface area (Å²) in [6, 6.07) is 7.07. The highest BCUT2D eigenvalue weighted by Crippen LogP contribution is 2.50. The van der Waals surface area contributed by atoms with Crippen LogP contribution in [0.15, 0.2) is 24.3 Å². The fourth-order valence-corrected chi connectivity index (χ4v) is 2.68. The van der Waals surface area contributed by atoms with Crippen LogP contribution in [0.5, 0.6) is 0 Å². The molecule has 17 heavy (non-hydrogen) atoms. The summed E-state index contributed by atoms with van der Waals surface area (Å²) in [6.07, 6.45) is 0.303. The maximum Gasteiger partial charge on any atom is 0.320 e. The van der Waals surface area contributed by atoms with Gasteiger partial charge in [-0.25, -0.2) is 0 Å². The van der Waals surface area contributed by atoms with Crippen LogP contribution in [0.25, 0.3) is 0 Å². The number of carbonyl (C=O) groups is 1. The van der Waals surface area contributed by atoms with Crippen molar-refractivity contribution < 1.29 is 14.6 Å². The molecule has 3 rings (SSSR count). The smallest absolute Gasteiger partial charge is 0.320 e. The Morgan fingerprint density at radius 2 is 2.41 bits per heavy atom. The minimum Gasteiger partial charge on any atom is -0.480 e. The first-order valence-electron chi connectivity index (χ1n) is 5.62. The molecule has 1 aromatic rings. The van der Waals surface area contributed by atoms with E-state index < -0.39 is 17.6 Å². The SMILES string of the molecule is N[C@@H](C[C@@]12OC[C@@H]1Nc1ccccc12)C(=O)O. The van der Waals surface area contributed by atoms with Gasteiger partial charge < -0.3 is 20.9 Å². The van der Waals surface area contributed by atoms with Gasteiger partial charge in [0, 0.05) is 17.7 Å². The van der Waals surface area contributed by atoms with Gasteiger partial charge in [0.15, 0.2) is 0 Å². The normalized spacial score (nSPS) is 30.8. The first-order valence-corrected chi connectivity index (χ1v) is 5.62. The number of carboxylic acids is 1. The molecule has 0 aromatic heterocycles. The molecule has 0 spiro atoms. The molecule has 5 heteroatoms. The number of para-hydroxylation sites is 1. The third-order valence-electron chi connectivity index (χ3n) is 3.62. The van der Waals surface area contributed by atoms with Crippen LogP contribution >= 0.6 is 0 Å². The van der Waals surface area contributed by atoms with Crippen LogP contribution in [-0.2, 0) is 15.1 Å². The average Bonchev–Trinajstić information content (AvgIpc) is 2.51. The number of nitrogens with one attached hydrogen (secondary N) is 1. The lowest BCUT2D eigenvalue weighted by Crippen LogP contribution is -2.58. The van der Waals surface area contributed by atoms with E-state index in [1.165, 1.54) is 0 Å². The molecule has 2 aliphatic rings. The van der Waals surface area contributed by atoms with E-state index in [9.17, 15) is 4.79 Å². The predicted octanol–water partition coefficient (Wildman–Crippen LogP) is 0.508. The monoisotopic (exact) mass is 234 g/mol. The Morgan fingerprint density at radius 3 is 3.06 bits per heavy atom. The van der Waals surface area contributed by atoms with Crippen molar-refractivity contribution in [2.24, 2.45) is 5.73 Å². The highest BCUT2D eigenvalue weighted by molar-refractivity contribution is 5.74. The molecule has 5 nitrogen and oxygen atoms in total. The number of ether oxygens (including phenoxy) is 1. The minimum absolute atomic E-state index is 0.144. The summed E-state index contributed by atoms with van der Waals surface area (Å²) in [5, 5.41) is 12.3. The zero-order chi connectivity index (χ0) is 12.0. The molecule has 4 N–H and O–H groups in total. The number of hydrogen-bond donors (Lipinski definition) is 3. The summed E-state index contributed by atoms with van der Waals surface area (Å²) < 4.78 is 5.68. The van der Waals surface area contributed by atoms with E-state index in [0.29, 0.717) is 13.0 Å². The quantitative estimate of drug-likeness (QED) is 0.709. The summed E-state index contributed by atoms with van der Waals surface area (Å²) in [6.45, 7) is 0.598. The highest BCUT2D eigenvalue weighted by Gasteiger charge is 2.56. The molecule has 3 atom stereocenters. The number of aliphatic carboxylic acids is 1. The number of hydrogen-bond acceptors (Lipinski definition) is 4. The lowest BCUT2D eigenvalue weighted by Gasteiger charge is -2.45. The van der Waals surface area contributed by atoms with E-state index >= 15 is 0 Å². The molecular formula is C12H14N2O3. The van der Waals surface area contributed by atoms with Crippen molar-refractivity contribution in [2.75, 3.05) is 11.9 Å². The molecule has 1 aromatic carbocycles. The number of benzene rings is 1. The topological polar surface area (TPSA) is 84.6 Å². The van der Waals surface area contributed by atoms with E-state index in [1.807, 2.05) is 24.3 Å². The van der Waals surface area contributed by atoms with Gasteiger partial charge in [0.2, 0.25) is 0 Å². The third kappa shape index (κ3) is 1.36. The Morgan fingerprint density at radius 1 is 1.65 bits per heavy atom. The van der Waals surface area contributed by atoms with Gasteiger partial charge in [-0.1, -0.05) is 18.2 Å². The first kappa shape index (κ1) is 10.6. The molecule has 0 saturated carbocycles. The molecule has 0 radical (unpaired) electrons. The molecule has 0 amide bonds. The van der Waals surface area contributed by atoms with E-state index in [0.717, 1.165) is 11.3 Å². The summed E-state index contributed by atoms with van der Waals surface area (Å²) >= 11 is 0. The van der Waals surface area contributed by atoms with Crippen molar-refractivity contribution in [2.45, 2.75) is 24.1 Å². The van der Waals surface area contributed by atoms with Gasteiger partial charge >= 0.3 is 5.97 Å². The lowest BCUT2D eigenvalue weighted by atomic mass is 9.80. The molecule has 90 valence electrons. The van der Waals surface area contributed by atoms with E-state index in [-0.39, 0.29) is 6.04 Å². The fourth-order valence-electron chi connectivity index (χ4n) is 2.68. The highest BCUT2D eigenvalue weighted by atomic mass is 16.5. The summed E-state index contributed by atoms with van der Waals surface area (Å²) in [7, 11) is 0. The Balaban J connectivity index is 1.94. The van der Waals surface area contributed by atoms with Gasteiger partial charge in [0.05, 0.1) is 12.6 Å². The van der Waals surface area contributed by atoms with Gasteiger partial charge in [-0.15, -0.1) is 0 Å². The van der Waals surface area contributed by atoms with Crippen LogP contribution in [0.3, 0.4) is 0 Å².